The number of carbonyl (C=O) groups is 2. The van der Waals surface area contributed by atoms with Gasteiger partial charge in [-0.15, -0.1) is 0 Å². The Bertz CT molecular complexity index is 408. The number of aliphatic hydroxyl groups is 1. The van der Waals surface area contributed by atoms with E-state index in [9.17, 15) is 27.9 Å². The first-order valence-corrected chi connectivity index (χ1v) is 5.73. The van der Waals surface area contributed by atoms with Gasteiger partial charge in [0, 0.05) is 13.0 Å². The first kappa shape index (κ1) is 13.9. The highest BCUT2D eigenvalue weighted by Gasteiger charge is 2.65. The summed E-state index contributed by atoms with van der Waals surface area (Å²) in [5.74, 6) is -1.34. The molecule has 0 aromatic rings. The number of carboxylic acid groups (broad SMARTS) is 1. The van der Waals surface area contributed by atoms with E-state index in [0.29, 0.717) is 0 Å². The number of aliphatic carboxylic acids is 1. The molecule has 2 fully saturated rings. The number of halogens is 3. The minimum absolute atomic E-state index is 0.179. The zero-order valence-corrected chi connectivity index (χ0v) is 9.78. The van der Waals surface area contributed by atoms with Crippen LogP contribution in [0.15, 0.2) is 0 Å². The third kappa shape index (κ3) is 2.46. The number of amides is 2. The third-order valence-electron chi connectivity index (χ3n) is 3.46. The molecule has 0 radical (unpaired) electrons. The summed E-state index contributed by atoms with van der Waals surface area (Å²) in [6.07, 6.45) is -6.19. The van der Waals surface area contributed by atoms with Crippen molar-refractivity contribution in [3.63, 3.8) is 0 Å². The number of nitrogens with one attached hydrogen (secondary N) is 1. The fraction of sp³-hybridized carbons (Fsp3) is 0.800. The van der Waals surface area contributed by atoms with E-state index in [-0.39, 0.29) is 25.8 Å². The van der Waals surface area contributed by atoms with Gasteiger partial charge in [-0.3, -0.25) is 0 Å². The molecule has 0 spiro atoms. The molecule has 2 aliphatic rings. The Hall–Kier alpha value is -1.51. The summed E-state index contributed by atoms with van der Waals surface area (Å²) in [7, 11) is 0. The number of rotatable bonds is 2. The molecule has 9 heteroatoms. The molecule has 0 bridgehead atoms. The Morgan fingerprint density at radius 2 is 1.89 bits per heavy atom. The molecule has 1 saturated heterocycles. The molecule has 2 amide bonds. The van der Waals surface area contributed by atoms with Gasteiger partial charge in [-0.2, -0.15) is 13.2 Å². The first-order valence-electron chi connectivity index (χ1n) is 5.73. The smallest absolute Gasteiger partial charge is 0.411 e. The summed E-state index contributed by atoms with van der Waals surface area (Å²) in [4.78, 5) is 23.4. The molecule has 1 heterocycles. The summed E-state index contributed by atoms with van der Waals surface area (Å²) < 4.78 is 38.0. The third-order valence-corrected chi connectivity index (χ3v) is 3.46. The summed E-state index contributed by atoms with van der Waals surface area (Å²) in [6, 6.07) is -2.39. The van der Waals surface area contributed by atoms with Crippen LogP contribution in [-0.4, -0.2) is 57.5 Å². The van der Waals surface area contributed by atoms with Gasteiger partial charge >= 0.3 is 18.2 Å². The van der Waals surface area contributed by atoms with E-state index in [2.05, 4.69) is 0 Å². The number of hydrogen-bond acceptors (Lipinski definition) is 3. The maximum absolute atomic E-state index is 12.7. The van der Waals surface area contributed by atoms with Crippen LogP contribution < -0.4 is 5.32 Å². The minimum atomic E-state index is -4.56. The van der Waals surface area contributed by atoms with Gasteiger partial charge in [0.1, 0.15) is 11.6 Å². The van der Waals surface area contributed by atoms with E-state index in [4.69, 9.17) is 5.11 Å². The molecule has 1 aliphatic carbocycles. The number of likely N-dealkylation sites (tertiary alicyclic amines) is 1. The van der Waals surface area contributed by atoms with Crippen LogP contribution in [0, 0.1) is 0 Å². The lowest BCUT2D eigenvalue weighted by molar-refractivity contribution is -0.163. The molecule has 19 heavy (non-hydrogen) atoms. The maximum Gasteiger partial charge on any atom is 0.411 e. The zero-order valence-electron chi connectivity index (χ0n) is 9.78. The molecule has 2 rings (SSSR count). The van der Waals surface area contributed by atoms with Crippen molar-refractivity contribution >= 4 is 12.0 Å². The quantitative estimate of drug-likeness (QED) is 0.680. The summed E-state index contributed by atoms with van der Waals surface area (Å²) in [6.45, 7) is -0.281. The van der Waals surface area contributed by atoms with E-state index >= 15 is 0 Å². The molecule has 0 unspecified atom stereocenters. The van der Waals surface area contributed by atoms with E-state index in [0.717, 1.165) is 4.90 Å². The van der Waals surface area contributed by atoms with Crippen molar-refractivity contribution in [1.29, 1.82) is 0 Å². The van der Waals surface area contributed by atoms with Crippen molar-refractivity contribution in [1.82, 2.24) is 10.2 Å². The number of β-amino-alcohol motifs (C(OH)–C–C–N with tert-alkyl or cyclic N) is 1. The fourth-order valence-corrected chi connectivity index (χ4v) is 2.15. The van der Waals surface area contributed by atoms with Gasteiger partial charge in [-0.25, -0.2) is 9.59 Å². The number of aliphatic hydroxyl groups excluding tert-OH is 1. The van der Waals surface area contributed by atoms with Crippen LogP contribution in [-0.2, 0) is 4.79 Å². The molecule has 108 valence electrons. The number of nitrogens with zero attached hydrogens (tertiary/aromatic N) is 1. The second kappa shape index (κ2) is 4.26. The number of alkyl halides is 3. The standard InChI is InChI=1S/C10H13F3N2O4/c11-10(12,13)9(1-2-9)14-8(19)15-4-5(16)3-6(15)7(17)18/h5-6,16H,1-4H2,(H,14,19)(H,17,18)/t5-,6-/m0/s1. The van der Waals surface area contributed by atoms with Gasteiger partial charge in [0.15, 0.2) is 0 Å². The molecule has 2 atom stereocenters. The van der Waals surface area contributed by atoms with Gasteiger partial charge in [-0.1, -0.05) is 0 Å². The van der Waals surface area contributed by atoms with Crippen molar-refractivity contribution in [3.05, 3.63) is 0 Å². The predicted octanol–water partition coefficient (Wildman–Crippen LogP) is 0.311. The molecule has 0 aromatic heterocycles. The molecular weight excluding hydrogens is 269 g/mol. The van der Waals surface area contributed by atoms with Crippen molar-refractivity contribution in [2.45, 2.75) is 43.1 Å². The highest BCUT2D eigenvalue weighted by Crippen LogP contribution is 2.49. The van der Waals surface area contributed by atoms with E-state index < -0.39 is 35.9 Å². The minimum Gasteiger partial charge on any atom is -0.480 e. The Kier molecular flexibility index (Phi) is 3.12. The SMILES string of the molecule is O=C(O)[C@@H]1C[C@H](O)CN1C(=O)NC1(C(F)(F)F)CC1. The van der Waals surface area contributed by atoms with Crippen LogP contribution >= 0.6 is 0 Å². The number of carboxylic acids is 1. The van der Waals surface area contributed by atoms with E-state index in [1.807, 2.05) is 5.32 Å². The van der Waals surface area contributed by atoms with Gasteiger partial charge in [0.25, 0.3) is 0 Å². The maximum atomic E-state index is 12.7. The number of carbonyl (C=O) groups excluding carboxylic acids is 1. The summed E-state index contributed by atoms with van der Waals surface area (Å²) >= 11 is 0. The van der Waals surface area contributed by atoms with Crippen molar-refractivity contribution < 1.29 is 33.0 Å². The number of hydrogen-bond donors (Lipinski definition) is 3. The Morgan fingerprint density at radius 3 is 2.32 bits per heavy atom. The van der Waals surface area contributed by atoms with Crippen molar-refractivity contribution in [2.75, 3.05) is 6.54 Å². The van der Waals surface area contributed by atoms with Crippen molar-refractivity contribution in [3.8, 4) is 0 Å². The highest BCUT2D eigenvalue weighted by molar-refractivity contribution is 5.84. The van der Waals surface area contributed by atoms with Crippen LogP contribution in [0.2, 0.25) is 0 Å². The van der Waals surface area contributed by atoms with Crippen LogP contribution in [0.5, 0.6) is 0 Å². The summed E-state index contributed by atoms with van der Waals surface area (Å²) in [5, 5.41) is 20.0. The lowest BCUT2D eigenvalue weighted by atomic mass is 10.2. The van der Waals surface area contributed by atoms with Crippen LogP contribution in [0.4, 0.5) is 18.0 Å². The summed E-state index contributed by atoms with van der Waals surface area (Å²) in [5.41, 5.74) is -2.24. The lowest BCUT2D eigenvalue weighted by Gasteiger charge is -2.26. The predicted molar refractivity (Wildman–Crippen MR) is 55.3 cm³/mol. The Morgan fingerprint density at radius 1 is 1.32 bits per heavy atom. The number of urea groups is 1. The largest absolute Gasteiger partial charge is 0.480 e. The Labute approximate surface area is 106 Å². The van der Waals surface area contributed by atoms with Gasteiger partial charge in [0.2, 0.25) is 0 Å². The zero-order chi connectivity index (χ0) is 14.4. The first-order chi connectivity index (χ1) is 8.66. The normalized spacial score (nSPS) is 29.2. The topological polar surface area (TPSA) is 89.9 Å². The van der Waals surface area contributed by atoms with E-state index in [1.165, 1.54) is 0 Å². The lowest BCUT2D eigenvalue weighted by Crippen LogP contribution is -2.54. The fourth-order valence-electron chi connectivity index (χ4n) is 2.15. The second-order valence-corrected chi connectivity index (χ2v) is 4.91. The molecule has 0 aromatic carbocycles. The highest BCUT2D eigenvalue weighted by atomic mass is 19.4. The molecule has 1 aliphatic heterocycles. The average Bonchev–Trinajstić information content (AvgIpc) is 2.93. The van der Waals surface area contributed by atoms with Crippen LogP contribution in [0.25, 0.3) is 0 Å². The molecule has 3 N–H and O–H groups in total. The Balaban J connectivity index is 2.06. The average molecular weight is 282 g/mol. The molecular formula is C10H13F3N2O4. The van der Waals surface area contributed by atoms with E-state index in [1.54, 1.807) is 0 Å². The molecule has 1 saturated carbocycles. The van der Waals surface area contributed by atoms with Crippen LogP contribution in [0.1, 0.15) is 19.3 Å². The van der Waals surface area contributed by atoms with Crippen LogP contribution in [0.3, 0.4) is 0 Å². The van der Waals surface area contributed by atoms with Gasteiger partial charge in [0.05, 0.1) is 6.10 Å². The second-order valence-electron chi connectivity index (χ2n) is 4.91. The monoisotopic (exact) mass is 282 g/mol. The van der Waals surface area contributed by atoms with Gasteiger partial charge in [-0.05, 0) is 12.8 Å². The molecule has 6 nitrogen and oxygen atoms in total. The van der Waals surface area contributed by atoms with Gasteiger partial charge < -0.3 is 20.4 Å². The van der Waals surface area contributed by atoms with Crippen molar-refractivity contribution in [2.24, 2.45) is 0 Å².